The van der Waals surface area contributed by atoms with Crippen LogP contribution >= 0.6 is 23.5 Å². The van der Waals surface area contributed by atoms with E-state index in [2.05, 4.69) is 10.0 Å². The van der Waals surface area contributed by atoms with Crippen molar-refractivity contribution in [3.63, 3.8) is 0 Å². The molecule has 3 rings (SSSR count). The Hall–Kier alpha value is -2.94. The molecule has 2 N–H and O–H groups in total. The van der Waals surface area contributed by atoms with Gasteiger partial charge in [0.2, 0.25) is 0 Å². The van der Waals surface area contributed by atoms with Crippen molar-refractivity contribution in [3.8, 4) is 6.07 Å². The van der Waals surface area contributed by atoms with E-state index in [0.29, 0.717) is 16.3 Å². The monoisotopic (exact) mass is 379 g/mol. The van der Waals surface area contributed by atoms with E-state index in [1.165, 1.54) is 18.0 Å². The Kier molecular flexibility index (Phi) is 5.80. The maximum Gasteiger partial charge on any atom is 0.255 e. The Morgan fingerprint density at radius 3 is 2.50 bits per heavy atom. The molecule has 0 aliphatic rings. The summed E-state index contributed by atoms with van der Waals surface area (Å²) in [5.74, 6) is -0.300. The summed E-state index contributed by atoms with van der Waals surface area (Å²) in [6.07, 6.45) is 0. The average Bonchev–Trinajstić information content (AvgIpc) is 2.68. The van der Waals surface area contributed by atoms with Gasteiger partial charge in [-0.2, -0.15) is 5.26 Å². The van der Waals surface area contributed by atoms with Gasteiger partial charge in [-0.3, -0.25) is 4.79 Å². The van der Waals surface area contributed by atoms with Crippen LogP contribution in [0.2, 0.25) is 5.02 Å². The van der Waals surface area contributed by atoms with E-state index in [1.807, 2.05) is 54.6 Å². The number of halogens is 1. The lowest BCUT2D eigenvalue weighted by molar-refractivity contribution is 0.102. The maximum atomic E-state index is 12.4. The van der Waals surface area contributed by atoms with Crippen molar-refractivity contribution in [2.45, 2.75) is 4.90 Å². The molecule has 0 radical (unpaired) electrons. The molecule has 3 aromatic carbocycles. The lowest BCUT2D eigenvalue weighted by Crippen LogP contribution is -2.12. The minimum atomic E-state index is -0.300. The van der Waals surface area contributed by atoms with Crippen LogP contribution < -0.4 is 10.0 Å². The SMILES string of the molecule is N#Cc1cc(C(=O)Nc2cccc(NSc3ccccc3)c2)ccc1Cl. The second-order valence-corrected chi connectivity index (χ2v) is 6.65. The molecule has 3 aromatic rings. The van der Waals surface area contributed by atoms with Crippen LogP contribution in [0.25, 0.3) is 0 Å². The van der Waals surface area contributed by atoms with Crippen LogP contribution in [0.1, 0.15) is 15.9 Å². The second kappa shape index (κ2) is 8.43. The number of nitrogens with one attached hydrogen (secondary N) is 2. The molecule has 0 spiro atoms. The maximum absolute atomic E-state index is 12.4. The lowest BCUT2D eigenvalue weighted by Gasteiger charge is -2.09. The highest BCUT2D eigenvalue weighted by atomic mass is 35.5. The minimum Gasteiger partial charge on any atom is -0.326 e. The topological polar surface area (TPSA) is 64.9 Å². The van der Waals surface area contributed by atoms with Crippen LogP contribution in [0, 0.1) is 11.3 Å². The number of carbonyl (C=O) groups is 1. The first kappa shape index (κ1) is 17.9. The Morgan fingerprint density at radius 2 is 1.73 bits per heavy atom. The molecular weight excluding hydrogens is 366 g/mol. The van der Waals surface area contributed by atoms with Crippen molar-refractivity contribution in [1.29, 1.82) is 5.26 Å². The van der Waals surface area contributed by atoms with Gasteiger partial charge in [-0.25, -0.2) is 0 Å². The second-order valence-electron chi connectivity index (χ2n) is 5.36. The number of hydrogen-bond donors (Lipinski definition) is 2. The Labute approximate surface area is 160 Å². The van der Waals surface area contributed by atoms with E-state index < -0.39 is 0 Å². The summed E-state index contributed by atoms with van der Waals surface area (Å²) in [5, 5.41) is 12.2. The molecule has 26 heavy (non-hydrogen) atoms. The van der Waals surface area contributed by atoms with Crippen molar-refractivity contribution in [3.05, 3.63) is 88.9 Å². The fraction of sp³-hybridized carbons (Fsp3) is 0. The predicted molar refractivity (Wildman–Crippen MR) is 106 cm³/mol. The molecule has 4 nitrogen and oxygen atoms in total. The number of carbonyl (C=O) groups excluding carboxylic acids is 1. The first-order chi connectivity index (χ1) is 12.7. The summed E-state index contributed by atoms with van der Waals surface area (Å²) in [5.41, 5.74) is 2.17. The first-order valence-electron chi connectivity index (χ1n) is 7.75. The number of rotatable bonds is 5. The van der Waals surface area contributed by atoms with Gasteiger partial charge in [-0.05, 0) is 60.5 Å². The number of benzene rings is 3. The molecule has 0 fully saturated rings. The molecule has 0 bridgehead atoms. The summed E-state index contributed by atoms with van der Waals surface area (Å²) in [6.45, 7) is 0. The van der Waals surface area contributed by atoms with Crippen molar-refractivity contribution in [1.82, 2.24) is 0 Å². The Bertz CT molecular complexity index is 970. The largest absolute Gasteiger partial charge is 0.326 e. The molecule has 0 unspecified atom stereocenters. The van der Waals surface area contributed by atoms with Crippen LogP contribution in [-0.2, 0) is 0 Å². The third-order valence-corrected chi connectivity index (χ3v) is 4.67. The molecular formula is C20H14ClN3OS. The highest BCUT2D eigenvalue weighted by molar-refractivity contribution is 8.00. The summed E-state index contributed by atoms with van der Waals surface area (Å²) >= 11 is 7.39. The predicted octanol–water partition coefficient (Wildman–Crippen LogP) is 5.58. The van der Waals surface area contributed by atoms with Gasteiger partial charge < -0.3 is 10.0 Å². The zero-order valence-corrected chi connectivity index (χ0v) is 15.1. The van der Waals surface area contributed by atoms with Crippen molar-refractivity contribution < 1.29 is 4.79 Å². The molecule has 0 saturated carbocycles. The molecule has 1 amide bonds. The summed E-state index contributed by atoms with van der Waals surface area (Å²) < 4.78 is 3.24. The van der Waals surface area contributed by atoms with Crippen LogP contribution in [-0.4, -0.2) is 5.91 Å². The zero-order chi connectivity index (χ0) is 18.4. The van der Waals surface area contributed by atoms with Gasteiger partial charge in [-0.1, -0.05) is 35.9 Å². The smallest absolute Gasteiger partial charge is 0.255 e. The standard InChI is InChI=1S/C20H14ClN3OS/c21-19-10-9-14(11-15(19)13-22)20(25)23-16-5-4-6-17(12-16)24-26-18-7-2-1-3-8-18/h1-12,24H,(H,23,25). The van der Waals surface area contributed by atoms with Gasteiger partial charge in [0.15, 0.2) is 0 Å². The highest BCUT2D eigenvalue weighted by Crippen LogP contribution is 2.23. The normalized spacial score (nSPS) is 10.0. The molecule has 0 aliphatic heterocycles. The van der Waals surface area contributed by atoms with Crippen molar-refractivity contribution in [2.75, 3.05) is 10.0 Å². The lowest BCUT2D eigenvalue weighted by atomic mass is 10.1. The number of nitrogens with zero attached hydrogens (tertiary/aromatic N) is 1. The van der Waals surface area contributed by atoms with Gasteiger partial charge in [0.1, 0.15) is 6.07 Å². The van der Waals surface area contributed by atoms with E-state index in [9.17, 15) is 4.79 Å². The van der Waals surface area contributed by atoms with Gasteiger partial charge in [0.25, 0.3) is 5.91 Å². The number of anilines is 2. The molecule has 0 saturated heterocycles. The third kappa shape index (κ3) is 4.57. The fourth-order valence-electron chi connectivity index (χ4n) is 2.22. The van der Waals surface area contributed by atoms with Gasteiger partial charge in [0.05, 0.1) is 10.6 Å². The minimum absolute atomic E-state index is 0.272. The summed E-state index contributed by atoms with van der Waals surface area (Å²) in [4.78, 5) is 13.5. The quantitative estimate of drug-likeness (QED) is 0.567. The van der Waals surface area contributed by atoms with Crippen molar-refractivity contribution in [2.24, 2.45) is 0 Å². The van der Waals surface area contributed by atoms with E-state index in [0.717, 1.165) is 10.6 Å². The third-order valence-electron chi connectivity index (χ3n) is 3.50. The molecule has 128 valence electrons. The first-order valence-corrected chi connectivity index (χ1v) is 8.94. The van der Waals surface area contributed by atoms with E-state index in [4.69, 9.17) is 16.9 Å². The van der Waals surface area contributed by atoms with E-state index >= 15 is 0 Å². The van der Waals surface area contributed by atoms with Gasteiger partial charge in [-0.15, -0.1) is 0 Å². The van der Waals surface area contributed by atoms with Crippen molar-refractivity contribution >= 4 is 40.8 Å². The average molecular weight is 380 g/mol. The number of nitriles is 1. The Morgan fingerprint density at radius 1 is 0.962 bits per heavy atom. The zero-order valence-electron chi connectivity index (χ0n) is 13.6. The molecule has 0 heterocycles. The van der Waals surface area contributed by atoms with Crippen LogP contribution in [0.5, 0.6) is 0 Å². The molecule has 6 heteroatoms. The van der Waals surface area contributed by atoms with Crippen LogP contribution in [0.15, 0.2) is 77.7 Å². The number of amides is 1. The highest BCUT2D eigenvalue weighted by Gasteiger charge is 2.09. The molecule has 0 aromatic heterocycles. The Balaban J connectivity index is 1.68. The van der Waals surface area contributed by atoms with E-state index in [1.54, 1.807) is 18.2 Å². The van der Waals surface area contributed by atoms with Gasteiger partial charge >= 0.3 is 0 Å². The van der Waals surface area contributed by atoms with E-state index in [-0.39, 0.29) is 11.5 Å². The molecule has 0 aliphatic carbocycles. The van der Waals surface area contributed by atoms with Crippen LogP contribution in [0.4, 0.5) is 11.4 Å². The summed E-state index contributed by atoms with van der Waals surface area (Å²) in [7, 11) is 0. The van der Waals surface area contributed by atoms with Crippen LogP contribution in [0.3, 0.4) is 0 Å². The number of hydrogen-bond acceptors (Lipinski definition) is 4. The van der Waals surface area contributed by atoms with Gasteiger partial charge in [0, 0.05) is 21.8 Å². The molecule has 0 atom stereocenters. The summed E-state index contributed by atoms with van der Waals surface area (Å²) in [6, 6.07) is 23.9. The fourth-order valence-corrected chi connectivity index (χ4v) is 3.04.